The lowest BCUT2D eigenvalue weighted by Crippen LogP contribution is -1.99. The Morgan fingerprint density at radius 1 is 0.789 bits per heavy atom. The van der Waals surface area contributed by atoms with Crippen molar-refractivity contribution in [1.82, 2.24) is 0 Å². The minimum absolute atomic E-state index is 0.386. The van der Waals surface area contributed by atoms with E-state index in [0.29, 0.717) is 6.04 Å². The monoisotopic (exact) mass is 247 g/mol. The van der Waals surface area contributed by atoms with Gasteiger partial charge in [-0.3, -0.25) is 4.99 Å². The number of aliphatic imine (C=N–C) groups is 1. The molecule has 19 heavy (non-hydrogen) atoms. The van der Waals surface area contributed by atoms with Gasteiger partial charge >= 0.3 is 0 Å². The van der Waals surface area contributed by atoms with Crippen LogP contribution in [-0.2, 0) is 12.8 Å². The molecule has 2 aromatic rings. The van der Waals surface area contributed by atoms with Crippen LogP contribution in [0, 0.1) is 0 Å². The van der Waals surface area contributed by atoms with E-state index in [1.165, 1.54) is 40.8 Å². The zero-order valence-corrected chi connectivity index (χ0v) is 11.0. The van der Waals surface area contributed by atoms with Crippen LogP contribution in [0.5, 0.6) is 0 Å². The molecule has 0 amide bonds. The number of benzene rings is 2. The maximum Gasteiger partial charge on any atom is 0.0758 e. The molecule has 0 saturated carbocycles. The molecule has 1 heteroatoms. The van der Waals surface area contributed by atoms with Gasteiger partial charge < -0.3 is 0 Å². The van der Waals surface area contributed by atoms with Crippen LogP contribution < -0.4 is 0 Å². The Labute approximate surface area is 114 Å². The summed E-state index contributed by atoms with van der Waals surface area (Å²) in [5.74, 6) is 0. The number of hydrogen-bond donors (Lipinski definition) is 0. The average Bonchev–Trinajstić information content (AvgIpc) is 3.05. The van der Waals surface area contributed by atoms with Gasteiger partial charge in [-0.2, -0.15) is 0 Å². The van der Waals surface area contributed by atoms with Crippen molar-refractivity contribution >= 4 is 5.71 Å². The predicted molar refractivity (Wildman–Crippen MR) is 78.8 cm³/mol. The molecule has 0 spiro atoms. The molecule has 0 bridgehead atoms. The average molecular weight is 247 g/mol. The lowest BCUT2D eigenvalue weighted by atomic mass is 10.1. The minimum atomic E-state index is 0.386. The summed E-state index contributed by atoms with van der Waals surface area (Å²) in [4.78, 5) is 5.07. The summed E-state index contributed by atoms with van der Waals surface area (Å²) < 4.78 is 0. The Hall–Kier alpha value is -1.89. The summed E-state index contributed by atoms with van der Waals surface area (Å²) in [7, 11) is 0. The van der Waals surface area contributed by atoms with Crippen molar-refractivity contribution in [2.45, 2.75) is 31.7 Å². The second-order valence-electron chi connectivity index (χ2n) is 5.49. The van der Waals surface area contributed by atoms with E-state index in [1.807, 2.05) is 0 Å². The first-order valence-corrected chi connectivity index (χ1v) is 7.14. The lowest BCUT2D eigenvalue weighted by Gasteiger charge is -2.08. The van der Waals surface area contributed by atoms with Gasteiger partial charge in [-0.25, -0.2) is 0 Å². The second kappa shape index (κ2) is 4.34. The van der Waals surface area contributed by atoms with Crippen LogP contribution in [0.15, 0.2) is 53.5 Å². The van der Waals surface area contributed by atoms with E-state index in [9.17, 15) is 0 Å². The van der Waals surface area contributed by atoms with E-state index >= 15 is 0 Å². The Morgan fingerprint density at radius 3 is 2.53 bits per heavy atom. The number of hydrogen-bond acceptors (Lipinski definition) is 1. The molecule has 1 nitrogen and oxygen atoms in total. The van der Waals surface area contributed by atoms with E-state index in [2.05, 4.69) is 48.5 Å². The van der Waals surface area contributed by atoms with Gasteiger partial charge in [0.2, 0.25) is 0 Å². The number of nitrogens with zero attached hydrogens (tertiary/aromatic N) is 1. The van der Waals surface area contributed by atoms with E-state index in [1.54, 1.807) is 0 Å². The first kappa shape index (κ1) is 11.0. The number of fused-ring (bicyclic) bond motifs is 2. The van der Waals surface area contributed by atoms with Crippen LogP contribution in [0.2, 0.25) is 0 Å². The Bertz CT molecular complexity index is 654. The third kappa shape index (κ3) is 1.81. The third-order valence-corrected chi connectivity index (χ3v) is 4.37. The molecule has 0 N–H and O–H groups in total. The van der Waals surface area contributed by atoms with E-state index < -0.39 is 0 Å². The van der Waals surface area contributed by atoms with Crippen LogP contribution in [-0.4, -0.2) is 5.71 Å². The van der Waals surface area contributed by atoms with Gasteiger partial charge in [0.05, 0.1) is 6.04 Å². The summed E-state index contributed by atoms with van der Waals surface area (Å²) in [5.41, 5.74) is 7.10. The van der Waals surface area contributed by atoms with Crippen LogP contribution >= 0.6 is 0 Å². The van der Waals surface area contributed by atoms with Gasteiger partial charge in [-0.05, 0) is 47.9 Å². The second-order valence-corrected chi connectivity index (χ2v) is 5.49. The first-order chi connectivity index (χ1) is 9.42. The summed E-state index contributed by atoms with van der Waals surface area (Å²) in [6, 6.07) is 17.9. The Kier molecular flexibility index (Phi) is 2.51. The van der Waals surface area contributed by atoms with Crippen molar-refractivity contribution in [3.8, 4) is 0 Å². The quantitative estimate of drug-likeness (QED) is 0.719. The van der Waals surface area contributed by atoms with Crippen molar-refractivity contribution < 1.29 is 0 Å². The molecular formula is C18H17N. The summed E-state index contributed by atoms with van der Waals surface area (Å²) in [5, 5.41) is 0. The molecule has 1 atom stereocenters. The fraction of sp³-hybridized carbons (Fsp3) is 0.278. The maximum absolute atomic E-state index is 5.07. The van der Waals surface area contributed by atoms with Gasteiger partial charge in [-0.15, -0.1) is 0 Å². The van der Waals surface area contributed by atoms with Gasteiger partial charge in [-0.1, -0.05) is 48.5 Å². The zero-order valence-electron chi connectivity index (χ0n) is 11.0. The minimum Gasteiger partial charge on any atom is -0.281 e. The Morgan fingerprint density at radius 2 is 1.58 bits per heavy atom. The molecule has 0 aromatic heterocycles. The van der Waals surface area contributed by atoms with Gasteiger partial charge in [0.1, 0.15) is 0 Å². The van der Waals surface area contributed by atoms with Crippen LogP contribution in [0.1, 0.15) is 41.1 Å². The molecule has 1 unspecified atom stereocenters. The highest BCUT2D eigenvalue weighted by Gasteiger charge is 2.24. The van der Waals surface area contributed by atoms with Gasteiger partial charge in [0, 0.05) is 5.71 Å². The number of aryl methyl sites for hydroxylation is 2. The standard InChI is InChI=1S/C18H17N/c1-3-7-15-13(5-1)9-11-17(15)19-18-12-10-14-6-2-4-8-16(14)18/h1-8,17H,9-12H2/b19-18+. The molecule has 2 aromatic carbocycles. The Balaban J connectivity index is 1.72. The smallest absolute Gasteiger partial charge is 0.0758 e. The molecule has 4 rings (SSSR count). The van der Waals surface area contributed by atoms with Crippen LogP contribution in [0.25, 0.3) is 0 Å². The van der Waals surface area contributed by atoms with E-state index in [0.717, 1.165) is 12.8 Å². The first-order valence-electron chi connectivity index (χ1n) is 7.14. The molecule has 2 aliphatic rings. The van der Waals surface area contributed by atoms with Crippen LogP contribution in [0.3, 0.4) is 0 Å². The molecule has 0 radical (unpaired) electrons. The van der Waals surface area contributed by atoms with Crippen LogP contribution in [0.4, 0.5) is 0 Å². The largest absolute Gasteiger partial charge is 0.281 e. The van der Waals surface area contributed by atoms with Crippen molar-refractivity contribution in [2.75, 3.05) is 0 Å². The topological polar surface area (TPSA) is 12.4 Å². The van der Waals surface area contributed by atoms with E-state index in [-0.39, 0.29) is 0 Å². The normalized spacial score (nSPS) is 22.5. The lowest BCUT2D eigenvalue weighted by molar-refractivity contribution is 0.714. The van der Waals surface area contributed by atoms with E-state index in [4.69, 9.17) is 4.99 Å². The van der Waals surface area contributed by atoms with Crippen molar-refractivity contribution in [2.24, 2.45) is 4.99 Å². The SMILES string of the molecule is c1ccc2c(c1)CC/C2=N\C1CCc2ccccc21. The van der Waals surface area contributed by atoms with Gasteiger partial charge in [0.25, 0.3) is 0 Å². The summed E-state index contributed by atoms with van der Waals surface area (Å²) in [6.07, 6.45) is 4.62. The van der Waals surface area contributed by atoms with Crippen molar-refractivity contribution in [3.63, 3.8) is 0 Å². The zero-order chi connectivity index (χ0) is 12.7. The molecule has 0 heterocycles. The molecule has 0 saturated heterocycles. The molecule has 0 aliphatic heterocycles. The maximum atomic E-state index is 5.07. The predicted octanol–water partition coefficient (Wildman–Crippen LogP) is 4.11. The summed E-state index contributed by atoms with van der Waals surface area (Å²) >= 11 is 0. The fourth-order valence-electron chi connectivity index (χ4n) is 3.40. The third-order valence-electron chi connectivity index (χ3n) is 4.37. The highest BCUT2D eigenvalue weighted by Crippen LogP contribution is 2.35. The highest BCUT2D eigenvalue weighted by atomic mass is 14.8. The van der Waals surface area contributed by atoms with Crippen molar-refractivity contribution in [3.05, 3.63) is 70.8 Å². The fourth-order valence-corrected chi connectivity index (χ4v) is 3.40. The summed E-state index contributed by atoms with van der Waals surface area (Å²) in [6.45, 7) is 0. The molecule has 2 aliphatic carbocycles. The molecule has 0 fully saturated rings. The highest BCUT2D eigenvalue weighted by molar-refractivity contribution is 6.04. The molecule has 94 valence electrons. The van der Waals surface area contributed by atoms with Crippen molar-refractivity contribution in [1.29, 1.82) is 0 Å². The van der Waals surface area contributed by atoms with Gasteiger partial charge in [0.15, 0.2) is 0 Å². The molecular weight excluding hydrogens is 230 g/mol. The number of rotatable bonds is 1.